The summed E-state index contributed by atoms with van der Waals surface area (Å²) in [5.74, 6) is 0. The van der Waals surface area contributed by atoms with Crippen LogP contribution in [0.2, 0.25) is 0 Å². The van der Waals surface area contributed by atoms with Crippen LogP contribution >= 0.6 is 0 Å². The third-order valence-corrected chi connectivity index (χ3v) is 13.7. The second kappa shape index (κ2) is 10.3. The molecule has 4 heteroatoms. The van der Waals surface area contributed by atoms with Gasteiger partial charge in [-0.15, -0.1) is 0 Å². The molecule has 8 bridgehead atoms. The summed E-state index contributed by atoms with van der Waals surface area (Å²) in [6, 6.07) is 17.6. The minimum Gasteiger partial charge on any atom is -0.364 e. The highest BCUT2D eigenvalue weighted by atomic mass is 14.9. The molecule has 4 aliphatic carbocycles. The normalized spacial score (nSPS) is 25.1. The predicted octanol–water partition coefficient (Wildman–Crippen LogP) is 10.3. The molecule has 44 heavy (non-hydrogen) atoms. The number of hydrogen-bond donors (Lipinski definition) is 4. The van der Waals surface area contributed by atoms with Gasteiger partial charge in [-0.25, -0.2) is 0 Å². The molecule has 5 aliphatic rings. The molecule has 0 atom stereocenters. The van der Waals surface area contributed by atoms with Crippen LogP contribution < -0.4 is 0 Å². The van der Waals surface area contributed by atoms with Crippen LogP contribution in [0.1, 0.15) is 174 Å². The molecule has 4 spiro atoms. The molecular weight excluding hydrogens is 536 g/mol. The van der Waals surface area contributed by atoms with Crippen LogP contribution in [0, 0.1) is 0 Å². The monoisotopic (exact) mass is 588 g/mol. The summed E-state index contributed by atoms with van der Waals surface area (Å²) in [7, 11) is 0. The second-order valence-corrected chi connectivity index (χ2v) is 15.7. The molecule has 0 saturated heterocycles. The molecule has 4 saturated carbocycles. The van der Waals surface area contributed by atoms with E-state index in [1.165, 1.54) is 174 Å². The van der Waals surface area contributed by atoms with E-state index in [4.69, 9.17) is 0 Å². The van der Waals surface area contributed by atoms with E-state index in [-0.39, 0.29) is 21.7 Å². The number of fused-ring (bicyclic) bond motifs is 16. The molecule has 4 aromatic rings. The van der Waals surface area contributed by atoms with Gasteiger partial charge in [0.1, 0.15) is 0 Å². The SMILES string of the molecule is c1[nH]c2cc1C1(CCCCC1)c1ccc([nH]1)C1(CCCCC1)c1ccc([nH]1)C1(CCCCC1)c1ccc([nH]1)C21CCCCC1. The van der Waals surface area contributed by atoms with Gasteiger partial charge in [0.2, 0.25) is 0 Å². The molecule has 4 nitrogen and oxygen atoms in total. The van der Waals surface area contributed by atoms with Gasteiger partial charge >= 0.3 is 0 Å². The Morgan fingerprint density at radius 3 is 1.00 bits per heavy atom. The quantitative estimate of drug-likeness (QED) is 0.158. The number of H-pyrrole nitrogens is 4. The first-order valence-corrected chi connectivity index (χ1v) is 18.5. The van der Waals surface area contributed by atoms with Gasteiger partial charge in [0.05, 0.1) is 16.2 Å². The van der Waals surface area contributed by atoms with Gasteiger partial charge in [-0.2, -0.15) is 0 Å². The third-order valence-electron chi connectivity index (χ3n) is 13.7. The van der Waals surface area contributed by atoms with Crippen molar-refractivity contribution in [2.24, 2.45) is 0 Å². The first kappa shape index (κ1) is 27.4. The van der Waals surface area contributed by atoms with Crippen LogP contribution in [0.15, 0.2) is 48.7 Å². The van der Waals surface area contributed by atoms with E-state index in [0.717, 1.165) is 0 Å². The largest absolute Gasteiger partial charge is 0.364 e. The van der Waals surface area contributed by atoms with E-state index in [1.54, 1.807) is 0 Å². The summed E-state index contributed by atoms with van der Waals surface area (Å²) < 4.78 is 0. The topological polar surface area (TPSA) is 63.2 Å². The number of aromatic nitrogens is 4. The average molecular weight is 589 g/mol. The third kappa shape index (κ3) is 3.88. The summed E-state index contributed by atoms with van der Waals surface area (Å²) in [6.45, 7) is 0. The lowest BCUT2D eigenvalue weighted by atomic mass is 9.66. The second-order valence-electron chi connectivity index (χ2n) is 15.7. The van der Waals surface area contributed by atoms with Crippen LogP contribution in [0.3, 0.4) is 0 Å². The van der Waals surface area contributed by atoms with Gasteiger partial charge in [0.15, 0.2) is 0 Å². The molecule has 0 unspecified atom stereocenters. The molecule has 0 radical (unpaired) electrons. The van der Waals surface area contributed by atoms with Gasteiger partial charge in [0, 0.05) is 51.5 Å². The van der Waals surface area contributed by atoms with Crippen molar-refractivity contribution in [3.05, 3.63) is 94.1 Å². The summed E-state index contributed by atoms with van der Waals surface area (Å²) in [5.41, 5.74) is 11.9. The number of nitrogens with one attached hydrogen (secondary N) is 4. The van der Waals surface area contributed by atoms with Gasteiger partial charge in [0.25, 0.3) is 0 Å². The highest BCUT2D eigenvalue weighted by Crippen LogP contribution is 2.53. The predicted molar refractivity (Wildman–Crippen MR) is 179 cm³/mol. The minimum absolute atomic E-state index is 0.0471. The maximum atomic E-state index is 4.22. The van der Waals surface area contributed by atoms with Gasteiger partial charge in [-0.05, 0) is 99.4 Å². The summed E-state index contributed by atoms with van der Waals surface area (Å²) >= 11 is 0. The molecule has 1 aliphatic heterocycles. The summed E-state index contributed by atoms with van der Waals surface area (Å²) in [6.07, 6.45) is 28.2. The first-order chi connectivity index (χ1) is 21.7. The zero-order chi connectivity index (χ0) is 29.2. The number of hydrogen-bond acceptors (Lipinski definition) is 0. The lowest BCUT2D eigenvalue weighted by Gasteiger charge is -2.40. The molecular formula is C40H52N4. The first-order valence-electron chi connectivity index (χ1n) is 18.5. The minimum atomic E-state index is 0.0471. The Labute approximate surface area is 263 Å². The molecule has 0 amide bonds. The van der Waals surface area contributed by atoms with Gasteiger partial charge < -0.3 is 19.9 Å². The van der Waals surface area contributed by atoms with Crippen LogP contribution in [-0.4, -0.2) is 19.9 Å². The molecule has 4 aromatic heterocycles. The summed E-state index contributed by atoms with van der Waals surface area (Å²) in [4.78, 5) is 16.6. The number of aromatic amines is 4. The van der Waals surface area contributed by atoms with E-state index in [9.17, 15) is 0 Å². The van der Waals surface area contributed by atoms with E-state index in [1.807, 2.05) is 0 Å². The number of rotatable bonds is 0. The maximum Gasteiger partial charge on any atom is 0.0503 e. The maximum absolute atomic E-state index is 4.22. The fourth-order valence-electron chi connectivity index (χ4n) is 11.2. The Morgan fingerprint density at radius 2 is 0.636 bits per heavy atom. The van der Waals surface area contributed by atoms with Crippen molar-refractivity contribution in [3.63, 3.8) is 0 Å². The van der Waals surface area contributed by atoms with Gasteiger partial charge in [-0.1, -0.05) is 77.0 Å². The smallest absolute Gasteiger partial charge is 0.0503 e. The van der Waals surface area contributed by atoms with Crippen LogP contribution in [0.4, 0.5) is 0 Å². The lowest BCUT2D eigenvalue weighted by Crippen LogP contribution is -2.35. The summed E-state index contributed by atoms with van der Waals surface area (Å²) in [5, 5.41) is 0. The highest BCUT2D eigenvalue weighted by molar-refractivity contribution is 5.47. The van der Waals surface area contributed by atoms with Crippen LogP contribution in [0.25, 0.3) is 0 Å². The lowest BCUT2D eigenvalue weighted by molar-refractivity contribution is 0.312. The van der Waals surface area contributed by atoms with E-state index < -0.39 is 0 Å². The molecule has 232 valence electrons. The fourth-order valence-corrected chi connectivity index (χ4v) is 11.2. The Kier molecular flexibility index (Phi) is 6.44. The van der Waals surface area contributed by atoms with Crippen molar-refractivity contribution in [1.29, 1.82) is 0 Å². The molecule has 0 aromatic carbocycles. The molecule has 9 rings (SSSR count). The standard InChI is InChI=1S/C40H52N4/c1-5-19-37(20-6-1)29-27-36(41-28-29)40(25-11-4-12-26-40)35-18-17-34(44-35)39(23-9-3-10-24-39)33-16-15-32(43-33)38(21-7-2-8-22-38)31-14-13-30(37)42-31/h13-18,27-28,41-44H,1-12,19-26H2. The Hall–Kier alpha value is -2.88. The average Bonchev–Trinajstić information content (AvgIpc) is 3.93. The van der Waals surface area contributed by atoms with E-state index >= 15 is 0 Å². The van der Waals surface area contributed by atoms with Crippen molar-refractivity contribution in [3.8, 4) is 0 Å². The van der Waals surface area contributed by atoms with Crippen molar-refractivity contribution >= 4 is 0 Å². The van der Waals surface area contributed by atoms with Crippen LogP contribution in [0.5, 0.6) is 0 Å². The Morgan fingerprint density at radius 1 is 0.341 bits per heavy atom. The highest BCUT2D eigenvalue weighted by Gasteiger charge is 2.46. The van der Waals surface area contributed by atoms with Crippen molar-refractivity contribution < 1.29 is 0 Å². The molecule has 4 N–H and O–H groups in total. The van der Waals surface area contributed by atoms with Crippen molar-refractivity contribution in [2.75, 3.05) is 0 Å². The Bertz CT molecular complexity index is 1270. The van der Waals surface area contributed by atoms with E-state index in [0.29, 0.717) is 0 Å². The molecule has 4 fully saturated rings. The van der Waals surface area contributed by atoms with Crippen molar-refractivity contribution in [1.82, 2.24) is 19.9 Å². The van der Waals surface area contributed by atoms with Gasteiger partial charge in [-0.3, -0.25) is 0 Å². The van der Waals surface area contributed by atoms with Crippen molar-refractivity contribution in [2.45, 2.75) is 150 Å². The van der Waals surface area contributed by atoms with E-state index in [2.05, 4.69) is 68.6 Å². The molecule has 5 heterocycles. The van der Waals surface area contributed by atoms with Crippen LogP contribution in [-0.2, 0) is 21.7 Å². The fraction of sp³-hybridized carbons (Fsp3) is 0.600. The Balaban J connectivity index is 1.29. The zero-order valence-electron chi connectivity index (χ0n) is 26.8. The zero-order valence-corrected chi connectivity index (χ0v) is 26.8.